The SMILES string of the molecule is C=CCN1CCC2(c3cccc(OC)c3)CC(NC(=O)/C=C/c3cccc(C(F)(F)F)c3)CCC2(OC(C)=O)C1. The highest BCUT2D eigenvalue weighted by molar-refractivity contribution is 5.92. The van der Waals surface area contributed by atoms with Crippen LogP contribution in [-0.4, -0.2) is 55.2 Å². The third-order valence-electron chi connectivity index (χ3n) is 8.03. The van der Waals surface area contributed by atoms with Crippen molar-refractivity contribution in [2.24, 2.45) is 0 Å². The Morgan fingerprint density at radius 1 is 1.18 bits per heavy atom. The van der Waals surface area contributed by atoms with Crippen LogP contribution in [0.5, 0.6) is 5.75 Å². The standard InChI is InChI=1S/C31H35F3N2O4/c1-4-16-36-17-15-29(24-8-6-10-27(19-24)39-3)20-26(13-14-30(29,21-36)40-22(2)37)35-28(38)12-11-23-7-5-9-25(18-23)31(32,33)34/h4-12,18-19,26H,1,13-17,20-21H2,2-3H3,(H,35,38)/b12-11+. The van der Waals surface area contributed by atoms with E-state index >= 15 is 0 Å². The number of methoxy groups -OCH3 is 1. The number of fused-ring (bicyclic) bond motifs is 1. The number of halogens is 3. The van der Waals surface area contributed by atoms with E-state index in [2.05, 4.69) is 16.8 Å². The summed E-state index contributed by atoms with van der Waals surface area (Å²) in [5.41, 5.74) is -0.921. The van der Waals surface area contributed by atoms with Crippen molar-refractivity contribution in [1.29, 1.82) is 0 Å². The van der Waals surface area contributed by atoms with Gasteiger partial charge in [-0.1, -0.05) is 30.3 Å². The van der Waals surface area contributed by atoms with Crippen molar-refractivity contribution in [3.8, 4) is 5.75 Å². The van der Waals surface area contributed by atoms with Gasteiger partial charge < -0.3 is 14.8 Å². The molecule has 9 heteroatoms. The Morgan fingerprint density at radius 3 is 2.65 bits per heavy atom. The molecule has 214 valence electrons. The number of likely N-dealkylation sites (tertiary alicyclic amines) is 1. The van der Waals surface area contributed by atoms with Gasteiger partial charge in [0.05, 0.1) is 12.7 Å². The molecule has 0 aromatic heterocycles. The van der Waals surface area contributed by atoms with Crippen molar-refractivity contribution in [2.45, 2.75) is 55.8 Å². The van der Waals surface area contributed by atoms with Gasteiger partial charge in [-0.15, -0.1) is 6.58 Å². The number of carbonyl (C=O) groups is 2. The maximum atomic E-state index is 13.1. The van der Waals surface area contributed by atoms with Crippen LogP contribution in [0.3, 0.4) is 0 Å². The highest BCUT2D eigenvalue weighted by Crippen LogP contribution is 2.54. The van der Waals surface area contributed by atoms with Gasteiger partial charge in [-0.05, 0) is 73.7 Å². The largest absolute Gasteiger partial charge is 0.497 e. The van der Waals surface area contributed by atoms with Gasteiger partial charge in [0.25, 0.3) is 0 Å². The Bertz CT molecular complexity index is 1280. The first kappa shape index (κ1) is 29.4. The van der Waals surface area contributed by atoms with Crippen LogP contribution >= 0.6 is 0 Å². The molecular weight excluding hydrogens is 521 g/mol. The topological polar surface area (TPSA) is 67.9 Å². The minimum Gasteiger partial charge on any atom is -0.497 e. The quantitative estimate of drug-likeness (QED) is 0.263. The minimum atomic E-state index is -4.46. The number of hydrogen-bond donors (Lipinski definition) is 1. The zero-order valence-electron chi connectivity index (χ0n) is 22.8. The minimum absolute atomic E-state index is 0.237. The molecule has 1 heterocycles. The monoisotopic (exact) mass is 556 g/mol. The number of rotatable bonds is 8. The third kappa shape index (κ3) is 6.25. The molecule has 2 aromatic carbocycles. The van der Waals surface area contributed by atoms with Crippen LogP contribution in [-0.2, 0) is 25.9 Å². The zero-order valence-corrected chi connectivity index (χ0v) is 22.8. The summed E-state index contributed by atoms with van der Waals surface area (Å²) in [5.74, 6) is -0.0705. The van der Waals surface area contributed by atoms with E-state index in [4.69, 9.17) is 9.47 Å². The lowest BCUT2D eigenvalue weighted by molar-refractivity contribution is -0.186. The maximum absolute atomic E-state index is 13.1. The van der Waals surface area contributed by atoms with E-state index in [0.29, 0.717) is 44.5 Å². The van der Waals surface area contributed by atoms with E-state index in [-0.39, 0.29) is 17.6 Å². The lowest BCUT2D eigenvalue weighted by Crippen LogP contribution is -2.68. The van der Waals surface area contributed by atoms with E-state index in [9.17, 15) is 22.8 Å². The van der Waals surface area contributed by atoms with E-state index < -0.39 is 28.7 Å². The number of carbonyl (C=O) groups excluding carboxylic acids is 2. The summed E-state index contributed by atoms with van der Waals surface area (Å²) in [4.78, 5) is 27.6. The Morgan fingerprint density at radius 2 is 1.95 bits per heavy atom. The number of hydrogen-bond acceptors (Lipinski definition) is 5. The van der Waals surface area contributed by atoms with Gasteiger partial charge in [0.1, 0.15) is 11.4 Å². The first-order valence-corrected chi connectivity index (χ1v) is 13.3. The van der Waals surface area contributed by atoms with Crippen LogP contribution in [0.25, 0.3) is 6.08 Å². The third-order valence-corrected chi connectivity index (χ3v) is 8.03. The van der Waals surface area contributed by atoms with Crippen LogP contribution in [0.2, 0.25) is 0 Å². The number of nitrogens with one attached hydrogen (secondary N) is 1. The lowest BCUT2D eigenvalue weighted by Gasteiger charge is -2.59. The molecule has 1 amide bonds. The van der Waals surface area contributed by atoms with E-state index in [1.165, 1.54) is 31.2 Å². The summed E-state index contributed by atoms with van der Waals surface area (Å²) < 4.78 is 50.9. The highest BCUT2D eigenvalue weighted by Gasteiger charge is 2.60. The van der Waals surface area contributed by atoms with Crippen molar-refractivity contribution < 1.29 is 32.2 Å². The number of alkyl halides is 3. The molecular formula is C31H35F3N2O4. The Kier molecular flexibility index (Phi) is 8.73. The molecule has 1 aliphatic heterocycles. The fourth-order valence-corrected chi connectivity index (χ4v) is 6.31. The van der Waals surface area contributed by atoms with Gasteiger partial charge >= 0.3 is 12.1 Å². The van der Waals surface area contributed by atoms with E-state index in [1.807, 2.05) is 30.3 Å². The van der Waals surface area contributed by atoms with Gasteiger partial charge in [0.15, 0.2) is 0 Å². The molecule has 0 spiro atoms. The molecule has 40 heavy (non-hydrogen) atoms. The average Bonchev–Trinajstić information content (AvgIpc) is 2.91. The summed E-state index contributed by atoms with van der Waals surface area (Å²) in [6.07, 6.45) is 2.33. The van der Waals surface area contributed by atoms with Gasteiger partial charge in [-0.3, -0.25) is 14.5 Å². The predicted molar refractivity (Wildman–Crippen MR) is 147 cm³/mol. The predicted octanol–water partition coefficient (Wildman–Crippen LogP) is 5.53. The van der Waals surface area contributed by atoms with Crippen LogP contribution in [0.4, 0.5) is 13.2 Å². The van der Waals surface area contributed by atoms with Gasteiger partial charge in [0, 0.05) is 37.5 Å². The molecule has 4 rings (SSSR count). The van der Waals surface area contributed by atoms with E-state index in [1.54, 1.807) is 7.11 Å². The first-order valence-electron chi connectivity index (χ1n) is 13.3. The Labute approximate surface area is 232 Å². The molecule has 2 aromatic rings. The maximum Gasteiger partial charge on any atom is 0.416 e. The molecule has 1 saturated heterocycles. The molecule has 1 saturated carbocycles. The normalized spacial score (nSPS) is 25.2. The number of esters is 1. The number of nitrogens with zero attached hydrogens (tertiary/aromatic N) is 1. The molecule has 3 atom stereocenters. The van der Waals surface area contributed by atoms with Crippen molar-refractivity contribution in [3.63, 3.8) is 0 Å². The number of piperidine rings is 1. The number of ether oxygens (including phenoxy) is 2. The van der Waals surface area contributed by atoms with Crippen molar-refractivity contribution >= 4 is 18.0 Å². The fraction of sp³-hybridized carbons (Fsp3) is 0.419. The summed E-state index contributed by atoms with van der Waals surface area (Å²) in [6.45, 7) is 7.24. The van der Waals surface area contributed by atoms with Gasteiger partial charge in [-0.25, -0.2) is 0 Å². The van der Waals surface area contributed by atoms with Crippen molar-refractivity contribution in [3.05, 3.63) is 84.0 Å². The zero-order chi connectivity index (χ0) is 29.0. The Balaban J connectivity index is 1.62. The number of amides is 1. The smallest absolute Gasteiger partial charge is 0.416 e. The molecule has 0 bridgehead atoms. The molecule has 0 radical (unpaired) electrons. The fourth-order valence-electron chi connectivity index (χ4n) is 6.31. The Hall–Kier alpha value is -3.59. The second-order valence-electron chi connectivity index (χ2n) is 10.6. The summed E-state index contributed by atoms with van der Waals surface area (Å²) in [7, 11) is 1.60. The average molecular weight is 557 g/mol. The molecule has 2 fully saturated rings. The molecule has 1 aliphatic carbocycles. The van der Waals surface area contributed by atoms with E-state index in [0.717, 1.165) is 24.2 Å². The van der Waals surface area contributed by atoms with Crippen LogP contribution in [0.15, 0.2) is 67.3 Å². The molecule has 2 aliphatic rings. The second-order valence-corrected chi connectivity index (χ2v) is 10.6. The summed E-state index contributed by atoms with van der Waals surface area (Å²) in [5, 5.41) is 3.05. The highest BCUT2D eigenvalue weighted by atomic mass is 19.4. The van der Waals surface area contributed by atoms with Crippen LogP contribution in [0.1, 0.15) is 49.3 Å². The molecule has 3 unspecified atom stereocenters. The lowest BCUT2D eigenvalue weighted by atomic mass is 9.55. The number of benzene rings is 2. The van der Waals surface area contributed by atoms with Crippen molar-refractivity contribution in [2.75, 3.05) is 26.7 Å². The first-order chi connectivity index (χ1) is 19.0. The van der Waals surface area contributed by atoms with Crippen LogP contribution < -0.4 is 10.1 Å². The van der Waals surface area contributed by atoms with Crippen molar-refractivity contribution in [1.82, 2.24) is 10.2 Å². The second kappa shape index (κ2) is 11.9. The van der Waals surface area contributed by atoms with Gasteiger partial charge in [-0.2, -0.15) is 13.2 Å². The van der Waals surface area contributed by atoms with Gasteiger partial charge in [0.2, 0.25) is 5.91 Å². The van der Waals surface area contributed by atoms with Crippen LogP contribution in [0, 0.1) is 0 Å². The summed E-state index contributed by atoms with van der Waals surface area (Å²) >= 11 is 0. The molecule has 1 N–H and O–H groups in total. The summed E-state index contributed by atoms with van der Waals surface area (Å²) in [6, 6.07) is 12.4. The molecule has 6 nitrogen and oxygen atoms in total.